The van der Waals surface area contributed by atoms with Gasteiger partial charge in [-0.25, -0.2) is 9.97 Å². The molecule has 0 bridgehead atoms. The quantitative estimate of drug-likeness (QED) is 0.599. The second-order valence-corrected chi connectivity index (χ2v) is 5.93. The van der Waals surface area contributed by atoms with E-state index >= 15 is 0 Å². The Kier molecular flexibility index (Phi) is 4.78. The second-order valence-electron chi connectivity index (χ2n) is 5.21. The van der Waals surface area contributed by atoms with Crippen molar-refractivity contribution in [2.45, 2.75) is 13.3 Å². The summed E-state index contributed by atoms with van der Waals surface area (Å²) < 4.78 is 10.9. The Morgan fingerprint density at radius 1 is 1.04 bits per heavy atom. The Labute approximate surface area is 150 Å². The van der Waals surface area contributed by atoms with Gasteiger partial charge in [-0.2, -0.15) is 0 Å². The summed E-state index contributed by atoms with van der Waals surface area (Å²) in [6.45, 7) is 2.06. The summed E-state index contributed by atoms with van der Waals surface area (Å²) in [6.07, 6.45) is 2.47. The lowest BCUT2D eigenvalue weighted by Crippen LogP contribution is -1.98. The van der Waals surface area contributed by atoms with E-state index in [9.17, 15) is 0 Å². The minimum Gasteiger partial charge on any atom is -0.496 e. The van der Waals surface area contributed by atoms with Crippen LogP contribution in [0, 0.1) is 0 Å². The van der Waals surface area contributed by atoms with Gasteiger partial charge in [0.25, 0.3) is 0 Å². The van der Waals surface area contributed by atoms with Crippen molar-refractivity contribution in [1.29, 1.82) is 0 Å². The van der Waals surface area contributed by atoms with Gasteiger partial charge >= 0.3 is 0 Å². The third-order valence-corrected chi connectivity index (χ3v) is 4.49. The van der Waals surface area contributed by atoms with Crippen LogP contribution in [0.2, 0.25) is 10.3 Å². The molecule has 1 heterocycles. The summed E-state index contributed by atoms with van der Waals surface area (Å²) in [7, 11) is 3.23. The molecule has 4 nitrogen and oxygen atoms in total. The van der Waals surface area contributed by atoms with E-state index in [1.165, 1.54) is 0 Å². The van der Waals surface area contributed by atoms with Crippen molar-refractivity contribution in [1.82, 2.24) is 9.97 Å². The lowest BCUT2D eigenvalue weighted by Gasteiger charge is -2.18. The van der Waals surface area contributed by atoms with Gasteiger partial charge in [0, 0.05) is 28.8 Å². The molecule has 2 aromatic carbocycles. The van der Waals surface area contributed by atoms with Crippen LogP contribution in [0.15, 0.2) is 30.5 Å². The van der Waals surface area contributed by atoms with Crippen molar-refractivity contribution in [3.8, 4) is 22.6 Å². The molecule has 0 amide bonds. The van der Waals surface area contributed by atoms with Crippen LogP contribution in [0.4, 0.5) is 0 Å². The molecule has 0 fully saturated rings. The highest BCUT2D eigenvalue weighted by atomic mass is 35.5. The number of methoxy groups -OCH3 is 2. The highest BCUT2D eigenvalue weighted by Gasteiger charge is 2.19. The van der Waals surface area contributed by atoms with Gasteiger partial charge in [-0.15, -0.1) is 0 Å². The smallest absolute Gasteiger partial charge is 0.222 e. The summed E-state index contributed by atoms with van der Waals surface area (Å²) in [5.41, 5.74) is 3.65. The van der Waals surface area contributed by atoms with E-state index in [1.54, 1.807) is 20.4 Å². The van der Waals surface area contributed by atoms with Crippen molar-refractivity contribution >= 4 is 34.1 Å². The Morgan fingerprint density at radius 3 is 2.46 bits per heavy atom. The molecule has 24 heavy (non-hydrogen) atoms. The molecule has 0 N–H and O–H groups in total. The van der Waals surface area contributed by atoms with E-state index in [1.807, 2.05) is 24.3 Å². The number of fused-ring (bicyclic) bond motifs is 1. The van der Waals surface area contributed by atoms with Crippen LogP contribution in [-0.2, 0) is 6.42 Å². The number of ether oxygens (including phenoxy) is 2. The number of nitrogens with zero attached hydrogens (tertiary/aromatic N) is 2. The molecule has 0 unspecified atom stereocenters. The van der Waals surface area contributed by atoms with E-state index in [0.29, 0.717) is 10.8 Å². The first-order valence-corrected chi connectivity index (χ1v) is 8.20. The van der Waals surface area contributed by atoms with Crippen molar-refractivity contribution < 1.29 is 9.47 Å². The molecular formula is C18H16Cl2N2O2. The molecule has 1 aromatic heterocycles. The predicted octanol–water partition coefficient (Wildman–Crippen LogP) is 5.18. The minimum absolute atomic E-state index is 0.227. The van der Waals surface area contributed by atoms with Crippen LogP contribution in [0.3, 0.4) is 0 Å². The molecule has 6 heteroatoms. The van der Waals surface area contributed by atoms with Gasteiger partial charge in [0.15, 0.2) is 0 Å². The molecule has 0 spiro atoms. The normalized spacial score (nSPS) is 10.9. The molecule has 0 aliphatic rings. The van der Waals surface area contributed by atoms with Crippen molar-refractivity contribution in [2.75, 3.05) is 14.2 Å². The first-order chi connectivity index (χ1) is 11.6. The van der Waals surface area contributed by atoms with Crippen molar-refractivity contribution in [3.05, 3.63) is 46.3 Å². The molecule has 3 aromatic rings. The summed E-state index contributed by atoms with van der Waals surface area (Å²) in [6, 6.07) is 7.67. The van der Waals surface area contributed by atoms with E-state index in [4.69, 9.17) is 32.7 Å². The maximum atomic E-state index is 6.60. The maximum Gasteiger partial charge on any atom is 0.222 e. The van der Waals surface area contributed by atoms with Gasteiger partial charge in [-0.1, -0.05) is 24.6 Å². The number of aromatic nitrogens is 2. The first-order valence-electron chi connectivity index (χ1n) is 7.45. The molecule has 0 radical (unpaired) electrons. The molecule has 0 aliphatic heterocycles. The monoisotopic (exact) mass is 362 g/mol. The summed E-state index contributed by atoms with van der Waals surface area (Å²) in [4.78, 5) is 8.26. The van der Waals surface area contributed by atoms with Gasteiger partial charge in [0.05, 0.1) is 24.8 Å². The van der Waals surface area contributed by atoms with E-state index in [2.05, 4.69) is 16.9 Å². The Morgan fingerprint density at radius 2 is 1.79 bits per heavy atom. The lowest BCUT2D eigenvalue weighted by molar-refractivity contribution is 0.392. The van der Waals surface area contributed by atoms with E-state index in [-0.39, 0.29) is 5.28 Å². The second kappa shape index (κ2) is 6.83. The zero-order chi connectivity index (χ0) is 17.3. The average Bonchev–Trinajstić information content (AvgIpc) is 2.60. The van der Waals surface area contributed by atoms with Crippen LogP contribution in [0.25, 0.3) is 22.0 Å². The topological polar surface area (TPSA) is 44.2 Å². The zero-order valence-corrected chi connectivity index (χ0v) is 15.1. The standard InChI is InChI=1S/C18H16Cl2N2O2/c1-4-12-14(23-2)8-15(24-3)17(19)16(12)10-5-6-13-11(7-10)9-21-18(20)22-13/h5-9H,4H2,1-3H3. The van der Waals surface area contributed by atoms with E-state index in [0.717, 1.165) is 39.8 Å². The van der Waals surface area contributed by atoms with Crippen LogP contribution in [0.5, 0.6) is 11.5 Å². The maximum absolute atomic E-state index is 6.60. The largest absolute Gasteiger partial charge is 0.496 e. The molecule has 3 rings (SSSR count). The molecule has 0 saturated carbocycles. The molecular weight excluding hydrogens is 347 g/mol. The molecule has 0 saturated heterocycles. The third kappa shape index (κ3) is 2.87. The molecule has 0 aliphatic carbocycles. The SMILES string of the molecule is CCc1c(OC)cc(OC)c(Cl)c1-c1ccc2nc(Cl)ncc2c1. The van der Waals surface area contributed by atoms with Gasteiger partial charge in [-0.3, -0.25) is 0 Å². The Bertz CT molecular complexity index is 913. The summed E-state index contributed by atoms with van der Waals surface area (Å²) in [5, 5.41) is 1.67. The molecule has 0 atom stereocenters. The lowest BCUT2D eigenvalue weighted by atomic mass is 9.95. The Balaban J connectivity index is 2.29. The van der Waals surface area contributed by atoms with Crippen LogP contribution >= 0.6 is 23.2 Å². The number of benzene rings is 2. The van der Waals surface area contributed by atoms with Crippen LogP contribution in [-0.4, -0.2) is 24.2 Å². The highest BCUT2D eigenvalue weighted by molar-refractivity contribution is 6.35. The average molecular weight is 363 g/mol. The van der Waals surface area contributed by atoms with E-state index < -0.39 is 0 Å². The van der Waals surface area contributed by atoms with Crippen molar-refractivity contribution in [3.63, 3.8) is 0 Å². The number of hydrogen-bond acceptors (Lipinski definition) is 4. The van der Waals surface area contributed by atoms with Gasteiger partial charge in [-0.05, 0) is 35.7 Å². The highest BCUT2D eigenvalue weighted by Crippen LogP contribution is 2.43. The Hall–Kier alpha value is -2.04. The summed E-state index contributed by atoms with van der Waals surface area (Å²) >= 11 is 12.5. The number of hydrogen-bond donors (Lipinski definition) is 0. The number of halogens is 2. The van der Waals surface area contributed by atoms with Gasteiger partial charge < -0.3 is 9.47 Å². The molecule has 124 valence electrons. The fraction of sp³-hybridized carbons (Fsp3) is 0.222. The first kappa shape index (κ1) is 16.8. The minimum atomic E-state index is 0.227. The third-order valence-electron chi connectivity index (χ3n) is 3.93. The fourth-order valence-corrected chi connectivity index (χ4v) is 3.29. The number of rotatable bonds is 4. The zero-order valence-electron chi connectivity index (χ0n) is 13.6. The van der Waals surface area contributed by atoms with Crippen molar-refractivity contribution in [2.24, 2.45) is 0 Å². The summed E-state index contributed by atoms with van der Waals surface area (Å²) in [5.74, 6) is 1.33. The predicted molar refractivity (Wildman–Crippen MR) is 97.5 cm³/mol. The van der Waals surface area contributed by atoms with Gasteiger partial charge in [0.1, 0.15) is 11.5 Å². The van der Waals surface area contributed by atoms with Gasteiger partial charge in [0.2, 0.25) is 5.28 Å². The van der Waals surface area contributed by atoms with Crippen LogP contribution in [0.1, 0.15) is 12.5 Å². The van der Waals surface area contributed by atoms with Crippen LogP contribution < -0.4 is 9.47 Å². The fourth-order valence-electron chi connectivity index (χ4n) is 2.80.